The van der Waals surface area contributed by atoms with Crippen molar-refractivity contribution in [1.29, 1.82) is 0 Å². The third-order valence-electron chi connectivity index (χ3n) is 7.04. The van der Waals surface area contributed by atoms with Crippen molar-refractivity contribution in [3.8, 4) is 11.4 Å². The lowest BCUT2D eigenvalue weighted by Crippen LogP contribution is -2.28. The lowest BCUT2D eigenvalue weighted by Gasteiger charge is -2.29. The number of imidazole rings is 1. The average molecular weight is 423 g/mol. The molecule has 1 amide bonds. The minimum Gasteiger partial charge on any atom is -0.338 e. The zero-order valence-corrected chi connectivity index (χ0v) is 18.0. The molecule has 2 fully saturated rings. The van der Waals surface area contributed by atoms with E-state index in [1.54, 1.807) is 6.20 Å². The van der Waals surface area contributed by atoms with E-state index in [-0.39, 0.29) is 5.91 Å². The second-order valence-corrected chi connectivity index (χ2v) is 8.98. The summed E-state index contributed by atoms with van der Waals surface area (Å²) in [6, 6.07) is 21.0. The maximum Gasteiger partial charge on any atom is 0.253 e. The Kier molecular flexibility index (Phi) is 4.75. The zero-order chi connectivity index (χ0) is 21.5. The topological polar surface area (TPSA) is 51.0 Å². The number of rotatable bonds is 4. The number of nitrogens with zero attached hydrogens (tertiary/aromatic N) is 4. The molecule has 0 N–H and O–H groups in total. The molecule has 5 nitrogen and oxygen atoms in total. The van der Waals surface area contributed by atoms with Gasteiger partial charge in [-0.15, -0.1) is 0 Å². The predicted molar refractivity (Wildman–Crippen MR) is 126 cm³/mol. The number of carbonyl (C=O) groups is 1. The van der Waals surface area contributed by atoms with Crippen LogP contribution in [0.3, 0.4) is 0 Å². The number of fused-ring (bicyclic) bond motifs is 1. The van der Waals surface area contributed by atoms with E-state index in [9.17, 15) is 4.79 Å². The summed E-state index contributed by atoms with van der Waals surface area (Å²) in [4.78, 5) is 24.5. The summed E-state index contributed by atoms with van der Waals surface area (Å²) >= 11 is 0. The molecule has 2 aromatic carbocycles. The first-order valence-electron chi connectivity index (χ1n) is 11.5. The fourth-order valence-corrected chi connectivity index (χ4v) is 5.05. The highest BCUT2D eigenvalue weighted by atomic mass is 16.2. The fourth-order valence-electron chi connectivity index (χ4n) is 5.05. The lowest BCUT2D eigenvalue weighted by atomic mass is 9.92. The zero-order valence-electron chi connectivity index (χ0n) is 18.0. The van der Waals surface area contributed by atoms with Gasteiger partial charge in [-0.1, -0.05) is 36.4 Å². The van der Waals surface area contributed by atoms with Crippen LogP contribution in [0.25, 0.3) is 22.4 Å². The Bertz CT molecular complexity index is 1260. The van der Waals surface area contributed by atoms with Gasteiger partial charge in [-0.3, -0.25) is 9.78 Å². The minimum atomic E-state index is 0.0951. The van der Waals surface area contributed by atoms with Crippen molar-refractivity contribution in [2.75, 3.05) is 13.1 Å². The van der Waals surface area contributed by atoms with Gasteiger partial charge in [0.25, 0.3) is 5.91 Å². The summed E-state index contributed by atoms with van der Waals surface area (Å²) in [7, 11) is 0. The van der Waals surface area contributed by atoms with E-state index in [2.05, 4.69) is 45.9 Å². The number of hydrogen-bond acceptors (Lipinski definition) is 3. The van der Waals surface area contributed by atoms with Crippen LogP contribution >= 0.6 is 0 Å². The van der Waals surface area contributed by atoms with Gasteiger partial charge in [0.15, 0.2) is 0 Å². The van der Waals surface area contributed by atoms with Crippen LogP contribution in [0.4, 0.5) is 0 Å². The third-order valence-corrected chi connectivity index (χ3v) is 7.04. The van der Waals surface area contributed by atoms with Crippen LogP contribution in [0, 0.1) is 0 Å². The molecule has 0 bridgehead atoms. The Morgan fingerprint density at radius 1 is 0.969 bits per heavy atom. The van der Waals surface area contributed by atoms with E-state index in [4.69, 9.17) is 4.98 Å². The van der Waals surface area contributed by atoms with Gasteiger partial charge in [0.1, 0.15) is 5.82 Å². The summed E-state index contributed by atoms with van der Waals surface area (Å²) < 4.78 is 2.39. The standard InChI is InChI=1S/C27H26N4O/c32-27(30-15-13-22(18-30)21-8-5-14-28-17-21)20-11-12-25-24(16-20)29-26(19-6-2-1-3-7-19)31(25)23-9-4-10-23/h1-3,5-8,11-12,14,16-17,22-23H,4,9-10,13,15,18H2. The summed E-state index contributed by atoms with van der Waals surface area (Å²) in [6.07, 6.45) is 8.34. The Morgan fingerprint density at radius 2 is 1.84 bits per heavy atom. The monoisotopic (exact) mass is 422 g/mol. The van der Waals surface area contributed by atoms with Crippen molar-refractivity contribution in [2.45, 2.75) is 37.6 Å². The molecule has 1 unspecified atom stereocenters. The van der Waals surface area contributed by atoms with Crippen molar-refractivity contribution in [3.05, 3.63) is 84.2 Å². The van der Waals surface area contributed by atoms with Crippen molar-refractivity contribution in [2.24, 2.45) is 0 Å². The minimum absolute atomic E-state index is 0.0951. The molecule has 32 heavy (non-hydrogen) atoms. The van der Waals surface area contributed by atoms with Crippen LogP contribution in [0.5, 0.6) is 0 Å². The quantitative estimate of drug-likeness (QED) is 0.439. The highest BCUT2D eigenvalue weighted by Crippen LogP contribution is 2.38. The number of likely N-dealkylation sites (tertiary alicyclic amines) is 1. The molecule has 1 aliphatic heterocycles. The molecular formula is C27H26N4O. The van der Waals surface area contributed by atoms with Crippen molar-refractivity contribution >= 4 is 16.9 Å². The van der Waals surface area contributed by atoms with E-state index in [1.807, 2.05) is 35.4 Å². The van der Waals surface area contributed by atoms with Gasteiger partial charge in [-0.05, 0) is 55.5 Å². The first-order chi connectivity index (χ1) is 15.8. The number of hydrogen-bond donors (Lipinski definition) is 0. The smallest absolute Gasteiger partial charge is 0.253 e. The van der Waals surface area contributed by atoms with Crippen molar-refractivity contribution < 1.29 is 4.79 Å². The molecule has 1 aliphatic carbocycles. The highest BCUT2D eigenvalue weighted by Gasteiger charge is 2.29. The Hall–Kier alpha value is -3.47. The number of carbonyl (C=O) groups excluding carboxylic acids is 1. The molecule has 2 aliphatic rings. The molecule has 2 aromatic heterocycles. The van der Waals surface area contributed by atoms with E-state index < -0.39 is 0 Å². The first-order valence-corrected chi connectivity index (χ1v) is 11.5. The van der Waals surface area contributed by atoms with E-state index in [0.717, 1.165) is 47.5 Å². The number of aromatic nitrogens is 3. The van der Waals surface area contributed by atoms with E-state index >= 15 is 0 Å². The Balaban J connectivity index is 1.32. The summed E-state index contributed by atoms with van der Waals surface area (Å²) in [5, 5.41) is 0. The second kappa shape index (κ2) is 7.90. The van der Waals surface area contributed by atoms with Crippen LogP contribution in [-0.2, 0) is 0 Å². The fraction of sp³-hybridized carbons (Fsp3) is 0.296. The van der Waals surface area contributed by atoms with Gasteiger partial charge in [0, 0.05) is 48.6 Å². The van der Waals surface area contributed by atoms with Crippen LogP contribution in [0.1, 0.15) is 53.6 Å². The molecule has 1 saturated heterocycles. The molecule has 6 rings (SSSR count). The predicted octanol–water partition coefficient (Wildman–Crippen LogP) is 5.45. The van der Waals surface area contributed by atoms with Gasteiger partial charge in [-0.25, -0.2) is 4.98 Å². The molecular weight excluding hydrogens is 396 g/mol. The molecule has 3 heterocycles. The molecule has 0 radical (unpaired) electrons. The maximum absolute atomic E-state index is 13.3. The molecule has 0 spiro atoms. The second-order valence-electron chi connectivity index (χ2n) is 8.98. The molecule has 4 aromatic rings. The summed E-state index contributed by atoms with van der Waals surface area (Å²) in [5.74, 6) is 1.46. The number of pyridine rings is 1. The first kappa shape index (κ1) is 19.2. The largest absolute Gasteiger partial charge is 0.338 e. The molecule has 1 saturated carbocycles. The normalized spacial score (nSPS) is 18.8. The van der Waals surface area contributed by atoms with Crippen molar-refractivity contribution in [1.82, 2.24) is 19.4 Å². The van der Waals surface area contributed by atoms with Crippen LogP contribution in [0.15, 0.2) is 73.1 Å². The molecule has 5 heteroatoms. The Labute approximate surface area is 187 Å². The van der Waals surface area contributed by atoms with Crippen LogP contribution < -0.4 is 0 Å². The lowest BCUT2D eigenvalue weighted by molar-refractivity contribution is 0.0791. The van der Waals surface area contributed by atoms with Crippen LogP contribution in [0.2, 0.25) is 0 Å². The third kappa shape index (κ3) is 3.29. The Morgan fingerprint density at radius 3 is 2.59 bits per heavy atom. The van der Waals surface area contributed by atoms with E-state index in [0.29, 0.717) is 12.0 Å². The van der Waals surface area contributed by atoms with Gasteiger partial charge in [-0.2, -0.15) is 0 Å². The van der Waals surface area contributed by atoms with Crippen LogP contribution in [-0.4, -0.2) is 38.4 Å². The van der Waals surface area contributed by atoms with Gasteiger partial charge < -0.3 is 9.47 Å². The number of benzene rings is 2. The SMILES string of the molecule is O=C(c1ccc2c(c1)nc(-c1ccccc1)n2C1CCC1)N1CCC(c2cccnc2)C1. The molecule has 160 valence electrons. The molecule has 1 atom stereocenters. The maximum atomic E-state index is 13.3. The van der Waals surface area contributed by atoms with Gasteiger partial charge in [0.05, 0.1) is 11.0 Å². The average Bonchev–Trinajstić information content (AvgIpc) is 3.44. The van der Waals surface area contributed by atoms with Crippen molar-refractivity contribution in [3.63, 3.8) is 0 Å². The van der Waals surface area contributed by atoms with Gasteiger partial charge >= 0.3 is 0 Å². The summed E-state index contributed by atoms with van der Waals surface area (Å²) in [5.41, 5.74) is 5.10. The highest BCUT2D eigenvalue weighted by molar-refractivity contribution is 5.98. The number of amides is 1. The summed E-state index contributed by atoms with van der Waals surface area (Å²) in [6.45, 7) is 1.52. The van der Waals surface area contributed by atoms with Gasteiger partial charge in [0.2, 0.25) is 0 Å². The van der Waals surface area contributed by atoms with E-state index in [1.165, 1.54) is 24.8 Å².